The van der Waals surface area contributed by atoms with Crippen LogP contribution in [0.3, 0.4) is 0 Å². The van der Waals surface area contributed by atoms with Crippen molar-refractivity contribution < 1.29 is 14.7 Å². The Labute approximate surface area is 120 Å². The Morgan fingerprint density at radius 1 is 1.58 bits per heavy atom. The second-order valence-electron chi connectivity index (χ2n) is 3.73. The van der Waals surface area contributed by atoms with Crippen LogP contribution in [-0.4, -0.2) is 29.3 Å². The summed E-state index contributed by atoms with van der Waals surface area (Å²) in [5, 5.41) is 11.7. The summed E-state index contributed by atoms with van der Waals surface area (Å²) in [5.41, 5.74) is 0.267. The van der Waals surface area contributed by atoms with Crippen LogP contribution >= 0.6 is 23.4 Å². The van der Waals surface area contributed by atoms with Crippen molar-refractivity contribution in [3.63, 3.8) is 0 Å². The standard InChI is InChI=1S/C13H14ClNO3S/c1-3-4-11(13(17)18)15-12(16)9-7-8(19-2)5-6-10(9)14/h3,5-7,11H,1,4H2,2H3,(H,15,16)(H,17,18). The number of benzene rings is 1. The Hall–Kier alpha value is -1.46. The van der Waals surface area contributed by atoms with Gasteiger partial charge < -0.3 is 10.4 Å². The predicted octanol–water partition coefficient (Wildman–Crippen LogP) is 2.82. The maximum Gasteiger partial charge on any atom is 0.326 e. The lowest BCUT2D eigenvalue weighted by atomic mass is 10.1. The van der Waals surface area contributed by atoms with Crippen LogP contribution in [0.25, 0.3) is 0 Å². The molecule has 0 aliphatic carbocycles. The second kappa shape index (κ2) is 7.21. The van der Waals surface area contributed by atoms with Gasteiger partial charge in [-0.05, 0) is 30.9 Å². The fourth-order valence-corrected chi connectivity index (χ4v) is 2.07. The number of aliphatic carboxylic acids is 1. The molecule has 6 heteroatoms. The van der Waals surface area contributed by atoms with Crippen LogP contribution in [-0.2, 0) is 4.79 Å². The first-order valence-electron chi connectivity index (χ1n) is 5.47. The number of hydrogen-bond acceptors (Lipinski definition) is 3. The van der Waals surface area contributed by atoms with E-state index in [0.29, 0.717) is 0 Å². The summed E-state index contributed by atoms with van der Waals surface area (Å²) in [6, 6.07) is 4.04. The minimum Gasteiger partial charge on any atom is -0.480 e. The predicted molar refractivity (Wildman–Crippen MR) is 76.9 cm³/mol. The minimum absolute atomic E-state index is 0.154. The number of carboxylic acid groups (broad SMARTS) is 1. The normalized spacial score (nSPS) is 11.7. The van der Waals surface area contributed by atoms with Crippen LogP contribution < -0.4 is 5.32 Å². The molecule has 1 aromatic rings. The lowest BCUT2D eigenvalue weighted by Crippen LogP contribution is -2.40. The highest BCUT2D eigenvalue weighted by Crippen LogP contribution is 2.23. The van der Waals surface area contributed by atoms with Crippen molar-refractivity contribution in [2.45, 2.75) is 17.4 Å². The molecule has 0 radical (unpaired) electrons. The molecule has 1 unspecified atom stereocenters. The highest BCUT2D eigenvalue weighted by atomic mass is 35.5. The zero-order valence-electron chi connectivity index (χ0n) is 10.4. The van der Waals surface area contributed by atoms with Crippen LogP contribution in [0.4, 0.5) is 0 Å². The molecule has 0 saturated carbocycles. The molecule has 1 aromatic carbocycles. The maximum absolute atomic E-state index is 12.0. The van der Waals surface area contributed by atoms with Gasteiger partial charge in [-0.15, -0.1) is 18.3 Å². The first-order chi connectivity index (χ1) is 8.99. The zero-order valence-corrected chi connectivity index (χ0v) is 11.9. The van der Waals surface area contributed by atoms with Gasteiger partial charge in [0.2, 0.25) is 0 Å². The molecule has 2 N–H and O–H groups in total. The van der Waals surface area contributed by atoms with Crippen LogP contribution in [0.1, 0.15) is 16.8 Å². The summed E-state index contributed by atoms with van der Waals surface area (Å²) in [4.78, 5) is 23.9. The van der Waals surface area contributed by atoms with E-state index in [1.807, 2.05) is 6.26 Å². The van der Waals surface area contributed by atoms with Gasteiger partial charge in [-0.25, -0.2) is 4.79 Å². The fraction of sp³-hybridized carbons (Fsp3) is 0.231. The molecular weight excluding hydrogens is 286 g/mol. The Morgan fingerprint density at radius 3 is 2.79 bits per heavy atom. The lowest BCUT2D eigenvalue weighted by molar-refractivity contribution is -0.139. The van der Waals surface area contributed by atoms with Gasteiger partial charge in [-0.3, -0.25) is 4.79 Å². The van der Waals surface area contributed by atoms with Gasteiger partial charge in [-0.1, -0.05) is 17.7 Å². The molecule has 1 amide bonds. The lowest BCUT2D eigenvalue weighted by Gasteiger charge is -2.13. The van der Waals surface area contributed by atoms with E-state index in [1.54, 1.807) is 18.2 Å². The molecule has 0 aliphatic heterocycles. The summed E-state index contributed by atoms with van der Waals surface area (Å²) in [7, 11) is 0. The molecule has 102 valence electrons. The molecule has 0 heterocycles. The van der Waals surface area contributed by atoms with Gasteiger partial charge in [0.1, 0.15) is 6.04 Å². The zero-order chi connectivity index (χ0) is 14.4. The van der Waals surface area contributed by atoms with E-state index in [2.05, 4.69) is 11.9 Å². The van der Waals surface area contributed by atoms with E-state index >= 15 is 0 Å². The third-order valence-corrected chi connectivity index (χ3v) is 3.48. The Kier molecular flexibility index (Phi) is 5.92. The summed E-state index contributed by atoms with van der Waals surface area (Å²) < 4.78 is 0. The summed E-state index contributed by atoms with van der Waals surface area (Å²) in [6.45, 7) is 3.46. The van der Waals surface area contributed by atoms with E-state index in [4.69, 9.17) is 16.7 Å². The molecule has 0 bridgehead atoms. The molecule has 0 aromatic heterocycles. The largest absolute Gasteiger partial charge is 0.480 e. The third-order valence-electron chi connectivity index (χ3n) is 2.42. The number of amides is 1. The number of carbonyl (C=O) groups is 2. The van der Waals surface area contributed by atoms with Crippen molar-refractivity contribution in [1.29, 1.82) is 0 Å². The quantitative estimate of drug-likeness (QED) is 0.626. The van der Waals surface area contributed by atoms with Crippen LogP contribution in [0.5, 0.6) is 0 Å². The summed E-state index contributed by atoms with van der Waals surface area (Å²) in [6.07, 6.45) is 3.47. The average Bonchev–Trinajstić information content (AvgIpc) is 2.38. The summed E-state index contributed by atoms with van der Waals surface area (Å²) in [5.74, 6) is -1.61. The van der Waals surface area contributed by atoms with E-state index in [-0.39, 0.29) is 17.0 Å². The molecule has 19 heavy (non-hydrogen) atoms. The highest BCUT2D eigenvalue weighted by Gasteiger charge is 2.20. The second-order valence-corrected chi connectivity index (χ2v) is 5.02. The van der Waals surface area contributed by atoms with Crippen LogP contribution in [0.2, 0.25) is 5.02 Å². The van der Waals surface area contributed by atoms with E-state index in [1.165, 1.54) is 17.8 Å². The first-order valence-corrected chi connectivity index (χ1v) is 7.08. The highest BCUT2D eigenvalue weighted by molar-refractivity contribution is 7.98. The van der Waals surface area contributed by atoms with Crippen LogP contribution in [0.15, 0.2) is 35.7 Å². The number of hydrogen-bond donors (Lipinski definition) is 2. The molecule has 0 aliphatic rings. The number of rotatable bonds is 6. The van der Waals surface area contributed by atoms with Crippen molar-refractivity contribution >= 4 is 35.2 Å². The Balaban J connectivity index is 2.93. The van der Waals surface area contributed by atoms with Crippen molar-refractivity contribution in [1.82, 2.24) is 5.32 Å². The maximum atomic E-state index is 12.0. The molecular formula is C13H14ClNO3S. The number of carboxylic acids is 1. The minimum atomic E-state index is -1.11. The molecule has 1 rings (SSSR count). The van der Waals surface area contributed by atoms with Gasteiger partial charge in [0, 0.05) is 4.90 Å². The van der Waals surface area contributed by atoms with Crippen molar-refractivity contribution in [3.8, 4) is 0 Å². The number of halogens is 1. The number of nitrogens with one attached hydrogen (secondary N) is 1. The smallest absolute Gasteiger partial charge is 0.326 e. The molecule has 0 fully saturated rings. The van der Waals surface area contributed by atoms with Gasteiger partial charge in [0.25, 0.3) is 5.91 Å². The molecule has 4 nitrogen and oxygen atoms in total. The Morgan fingerprint density at radius 2 is 2.26 bits per heavy atom. The summed E-state index contributed by atoms with van der Waals surface area (Å²) >= 11 is 7.42. The van der Waals surface area contributed by atoms with Crippen LogP contribution in [0, 0.1) is 0 Å². The monoisotopic (exact) mass is 299 g/mol. The van der Waals surface area contributed by atoms with E-state index in [0.717, 1.165) is 4.90 Å². The number of thioether (sulfide) groups is 1. The van der Waals surface area contributed by atoms with E-state index in [9.17, 15) is 9.59 Å². The van der Waals surface area contributed by atoms with Gasteiger partial charge in [-0.2, -0.15) is 0 Å². The van der Waals surface area contributed by atoms with Crippen molar-refractivity contribution in [3.05, 3.63) is 41.4 Å². The van der Waals surface area contributed by atoms with Crippen molar-refractivity contribution in [2.24, 2.45) is 0 Å². The average molecular weight is 300 g/mol. The first kappa shape index (κ1) is 15.6. The number of carbonyl (C=O) groups excluding carboxylic acids is 1. The van der Waals surface area contributed by atoms with Gasteiger partial charge in [0.15, 0.2) is 0 Å². The van der Waals surface area contributed by atoms with Crippen molar-refractivity contribution in [2.75, 3.05) is 6.26 Å². The van der Waals surface area contributed by atoms with Gasteiger partial charge in [0.05, 0.1) is 10.6 Å². The van der Waals surface area contributed by atoms with E-state index < -0.39 is 17.9 Å². The Bertz CT molecular complexity index is 505. The molecule has 0 spiro atoms. The third kappa shape index (κ3) is 4.29. The van der Waals surface area contributed by atoms with Gasteiger partial charge >= 0.3 is 5.97 Å². The molecule has 1 atom stereocenters. The topological polar surface area (TPSA) is 66.4 Å². The fourth-order valence-electron chi connectivity index (χ4n) is 1.43. The SMILES string of the molecule is C=CCC(NC(=O)c1cc(SC)ccc1Cl)C(=O)O. The molecule has 0 saturated heterocycles.